The number of pyridine rings is 1. The van der Waals surface area contributed by atoms with Gasteiger partial charge in [0.2, 0.25) is 0 Å². The third-order valence-corrected chi connectivity index (χ3v) is 3.81. The molecule has 0 radical (unpaired) electrons. The zero-order valence-electron chi connectivity index (χ0n) is 11.5. The summed E-state index contributed by atoms with van der Waals surface area (Å²) in [5, 5.41) is 8.70. The number of hydrogen-bond donors (Lipinski definition) is 1. The Balaban J connectivity index is 1.75. The zero-order valence-corrected chi connectivity index (χ0v) is 11.5. The van der Waals surface area contributed by atoms with E-state index in [4.69, 9.17) is 5.11 Å². The maximum atomic E-state index is 10.6. The molecule has 1 aromatic rings. The van der Waals surface area contributed by atoms with Gasteiger partial charge in [0, 0.05) is 25.4 Å². The molecule has 0 aliphatic carbocycles. The number of carbonyl (C=O) groups is 1. The van der Waals surface area contributed by atoms with Crippen molar-refractivity contribution in [3.63, 3.8) is 0 Å². The third-order valence-electron chi connectivity index (χ3n) is 3.81. The number of carboxylic acids is 1. The molecule has 1 aliphatic rings. The number of hydrogen-bond acceptors (Lipinski definition) is 3. The number of carboxylic acid groups (broad SMARTS) is 1. The van der Waals surface area contributed by atoms with Gasteiger partial charge in [-0.05, 0) is 56.3 Å². The Morgan fingerprint density at radius 3 is 2.79 bits per heavy atom. The summed E-state index contributed by atoms with van der Waals surface area (Å²) in [4.78, 5) is 17.2. The quantitative estimate of drug-likeness (QED) is 0.885. The molecule has 2 heterocycles. The molecule has 0 spiro atoms. The first-order valence-electron chi connectivity index (χ1n) is 6.98. The van der Waals surface area contributed by atoms with E-state index in [0.29, 0.717) is 12.3 Å². The van der Waals surface area contributed by atoms with E-state index in [1.165, 1.54) is 11.1 Å². The molecule has 104 valence electrons. The normalized spacial score (nSPS) is 17.5. The molecule has 2 rings (SSSR count). The Kier molecular flexibility index (Phi) is 4.91. The molecule has 4 heteroatoms. The SMILES string of the molecule is Cc1cncc(CN2CCC(CCC(=O)O)CC2)c1. The number of aliphatic carboxylic acids is 1. The lowest BCUT2D eigenvalue weighted by atomic mass is 9.92. The van der Waals surface area contributed by atoms with E-state index in [-0.39, 0.29) is 0 Å². The van der Waals surface area contributed by atoms with Crippen LogP contribution in [0.4, 0.5) is 0 Å². The van der Waals surface area contributed by atoms with Crippen LogP contribution in [0.5, 0.6) is 0 Å². The van der Waals surface area contributed by atoms with Crippen LogP contribution in [-0.4, -0.2) is 34.0 Å². The molecule has 1 aromatic heterocycles. The van der Waals surface area contributed by atoms with Crippen molar-refractivity contribution >= 4 is 5.97 Å². The minimum absolute atomic E-state index is 0.312. The van der Waals surface area contributed by atoms with Gasteiger partial charge >= 0.3 is 5.97 Å². The number of aromatic nitrogens is 1. The molecule has 1 aliphatic heterocycles. The van der Waals surface area contributed by atoms with Crippen LogP contribution in [-0.2, 0) is 11.3 Å². The fraction of sp³-hybridized carbons (Fsp3) is 0.600. The predicted molar refractivity (Wildman–Crippen MR) is 73.8 cm³/mol. The first-order valence-corrected chi connectivity index (χ1v) is 6.98. The van der Waals surface area contributed by atoms with Crippen LogP contribution in [0.3, 0.4) is 0 Å². The lowest BCUT2D eigenvalue weighted by Gasteiger charge is -2.31. The first kappa shape index (κ1) is 14.0. The van der Waals surface area contributed by atoms with Crippen molar-refractivity contribution in [2.75, 3.05) is 13.1 Å². The summed E-state index contributed by atoms with van der Waals surface area (Å²) in [6.07, 6.45) is 7.19. The molecule has 0 saturated carbocycles. The monoisotopic (exact) mass is 262 g/mol. The van der Waals surface area contributed by atoms with Gasteiger partial charge in [-0.3, -0.25) is 14.7 Å². The highest BCUT2D eigenvalue weighted by Gasteiger charge is 2.19. The molecule has 1 saturated heterocycles. The van der Waals surface area contributed by atoms with Crippen molar-refractivity contribution in [2.45, 2.75) is 39.2 Å². The summed E-state index contributed by atoms with van der Waals surface area (Å²) in [7, 11) is 0. The van der Waals surface area contributed by atoms with Gasteiger partial charge in [-0.25, -0.2) is 0 Å². The van der Waals surface area contributed by atoms with Gasteiger partial charge in [-0.15, -0.1) is 0 Å². The first-order chi connectivity index (χ1) is 9.13. The van der Waals surface area contributed by atoms with Gasteiger partial charge in [0.25, 0.3) is 0 Å². The second-order valence-corrected chi connectivity index (χ2v) is 5.52. The molecule has 0 unspecified atom stereocenters. The van der Waals surface area contributed by atoms with Crippen molar-refractivity contribution in [3.05, 3.63) is 29.6 Å². The van der Waals surface area contributed by atoms with E-state index in [1.54, 1.807) is 0 Å². The van der Waals surface area contributed by atoms with Gasteiger partial charge in [0.05, 0.1) is 0 Å². The minimum Gasteiger partial charge on any atom is -0.481 e. The van der Waals surface area contributed by atoms with E-state index in [0.717, 1.165) is 38.9 Å². The van der Waals surface area contributed by atoms with Crippen LogP contribution >= 0.6 is 0 Å². The Morgan fingerprint density at radius 1 is 1.42 bits per heavy atom. The standard InChI is InChI=1S/C15H22N2O2/c1-12-8-14(10-16-9-12)11-17-6-4-13(5-7-17)2-3-15(18)19/h8-10,13H,2-7,11H2,1H3,(H,18,19). The van der Waals surface area contributed by atoms with E-state index in [2.05, 4.69) is 22.9 Å². The Labute approximate surface area is 114 Å². The fourth-order valence-corrected chi connectivity index (χ4v) is 2.72. The average molecular weight is 262 g/mol. The van der Waals surface area contributed by atoms with Crippen LogP contribution in [0.1, 0.15) is 36.8 Å². The smallest absolute Gasteiger partial charge is 0.303 e. The van der Waals surface area contributed by atoms with Crippen molar-refractivity contribution in [1.82, 2.24) is 9.88 Å². The zero-order chi connectivity index (χ0) is 13.7. The summed E-state index contributed by atoms with van der Waals surface area (Å²) < 4.78 is 0. The molecule has 19 heavy (non-hydrogen) atoms. The second kappa shape index (κ2) is 6.66. The van der Waals surface area contributed by atoms with Gasteiger partial charge in [0.1, 0.15) is 0 Å². The topological polar surface area (TPSA) is 53.4 Å². The molecule has 0 atom stereocenters. The second-order valence-electron chi connectivity index (χ2n) is 5.52. The molecule has 0 aromatic carbocycles. The Morgan fingerprint density at radius 2 is 2.16 bits per heavy atom. The highest BCUT2D eigenvalue weighted by Crippen LogP contribution is 2.23. The van der Waals surface area contributed by atoms with Crippen molar-refractivity contribution in [3.8, 4) is 0 Å². The summed E-state index contributed by atoms with van der Waals surface area (Å²) in [5.41, 5.74) is 2.47. The van der Waals surface area contributed by atoms with Crippen LogP contribution in [0.15, 0.2) is 18.5 Å². The van der Waals surface area contributed by atoms with Crippen molar-refractivity contribution in [1.29, 1.82) is 0 Å². The Bertz CT molecular complexity index is 426. The van der Waals surface area contributed by atoms with Gasteiger partial charge in [-0.2, -0.15) is 0 Å². The lowest BCUT2D eigenvalue weighted by Crippen LogP contribution is -2.33. The minimum atomic E-state index is -0.673. The van der Waals surface area contributed by atoms with Gasteiger partial charge in [-0.1, -0.05) is 6.07 Å². The van der Waals surface area contributed by atoms with Crippen LogP contribution in [0.2, 0.25) is 0 Å². The van der Waals surface area contributed by atoms with E-state index in [1.807, 2.05) is 12.4 Å². The largest absolute Gasteiger partial charge is 0.481 e. The van der Waals surface area contributed by atoms with Crippen LogP contribution in [0.25, 0.3) is 0 Å². The molecule has 1 N–H and O–H groups in total. The summed E-state index contributed by atoms with van der Waals surface area (Å²) in [6.45, 7) is 5.16. The van der Waals surface area contributed by atoms with E-state index < -0.39 is 5.97 Å². The molecular weight excluding hydrogens is 240 g/mol. The number of likely N-dealkylation sites (tertiary alicyclic amines) is 1. The van der Waals surface area contributed by atoms with Gasteiger partial charge in [0.15, 0.2) is 0 Å². The highest BCUT2D eigenvalue weighted by molar-refractivity contribution is 5.66. The molecular formula is C15H22N2O2. The fourth-order valence-electron chi connectivity index (χ4n) is 2.72. The number of nitrogens with zero attached hydrogens (tertiary/aromatic N) is 2. The van der Waals surface area contributed by atoms with E-state index >= 15 is 0 Å². The number of aryl methyl sites for hydroxylation is 1. The lowest BCUT2D eigenvalue weighted by molar-refractivity contribution is -0.137. The predicted octanol–water partition coefficient (Wildman–Crippen LogP) is 2.47. The van der Waals surface area contributed by atoms with Gasteiger partial charge < -0.3 is 5.11 Å². The molecule has 0 amide bonds. The van der Waals surface area contributed by atoms with Crippen molar-refractivity contribution < 1.29 is 9.90 Å². The van der Waals surface area contributed by atoms with Crippen LogP contribution in [0, 0.1) is 12.8 Å². The number of rotatable bonds is 5. The Hall–Kier alpha value is -1.42. The summed E-state index contributed by atoms with van der Waals surface area (Å²) >= 11 is 0. The average Bonchev–Trinajstić information content (AvgIpc) is 2.38. The molecule has 1 fully saturated rings. The summed E-state index contributed by atoms with van der Waals surface area (Å²) in [6, 6.07) is 2.18. The summed E-state index contributed by atoms with van der Waals surface area (Å²) in [5.74, 6) is -0.0868. The van der Waals surface area contributed by atoms with Crippen LogP contribution < -0.4 is 0 Å². The van der Waals surface area contributed by atoms with E-state index in [9.17, 15) is 4.79 Å². The highest BCUT2D eigenvalue weighted by atomic mass is 16.4. The maximum absolute atomic E-state index is 10.6. The molecule has 4 nitrogen and oxygen atoms in total. The third kappa shape index (κ3) is 4.63. The number of piperidine rings is 1. The maximum Gasteiger partial charge on any atom is 0.303 e. The molecule has 0 bridgehead atoms. The van der Waals surface area contributed by atoms with Crippen molar-refractivity contribution in [2.24, 2.45) is 5.92 Å².